The Kier molecular flexibility index (Phi) is 4.52. The van der Waals surface area contributed by atoms with E-state index in [-0.39, 0.29) is 11.5 Å². The Bertz CT molecular complexity index is 218. The molecule has 0 fully saturated rings. The van der Waals surface area contributed by atoms with E-state index >= 15 is 0 Å². The van der Waals surface area contributed by atoms with Crippen LogP contribution in [0.1, 0.15) is 6.42 Å². The van der Waals surface area contributed by atoms with E-state index in [1.165, 1.54) is 0 Å². The smallest absolute Gasteiger partial charge is 0.105 e. The maximum absolute atomic E-state index is 7.42. The van der Waals surface area contributed by atoms with E-state index in [0.29, 0.717) is 6.42 Å². The molecular weight excluding hydrogens is 154 g/mol. The molecule has 0 aliphatic heterocycles. The van der Waals surface area contributed by atoms with E-state index in [1.54, 1.807) is 13.3 Å². The number of rotatable bonds is 5. The quantitative estimate of drug-likeness (QED) is 0.342. The summed E-state index contributed by atoms with van der Waals surface area (Å²) in [6.07, 6.45) is 2.89. The first-order valence-electron chi connectivity index (χ1n) is 3.46. The maximum atomic E-state index is 7.42. The molecule has 0 amide bonds. The third kappa shape index (κ3) is 3.05. The van der Waals surface area contributed by atoms with Crippen LogP contribution in [0.15, 0.2) is 4.99 Å². The van der Waals surface area contributed by atoms with E-state index in [1.807, 2.05) is 0 Å². The van der Waals surface area contributed by atoms with E-state index in [0.717, 1.165) is 6.21 Å². The largest absolute Gasteiger partial charge is 0.387 e. The van der Waals surface area contributed by atoms with Gasteiger partial charge in [0, 0.05) is 31.6 Å². The molecule has 0 radical (unpaired) electrons. The number of aliphatic imine (C=N–C) groups is 1. The molecule has 5 N–H and O–H groups in total. The molecule has 0 aliphatic carbocycles. The van der Waals surface area contributed by atoms with Crippen molar-refractivity contribution in [3.63, 3.8) is 0 Å². The summed E-state index contributed by atoms with van der Waals surface area (Å²) in [5, 5.41) is 21.4. The molecule has 0 aromatic rings. The van der Waals surface area contributed by atoms with Gasteiger partial charge in [-0.05, 0) is 0 Å². The van der Waals surface area contributed by atoms with Gasteiger partial charge in [-0.3, -0.25) is 5.41 Å². The normalized spacial score (nSPS) is 12.8. The van der Waals surface area contributed by atoms with Crippen molar-refractivity contribution in [2.24, 2.45) is 16.6 Å². The van der Waals surface area contributed by atoms with Crippen LogP contribution in [0.25, 0.3) is 0 Å². The Morgan fingerprint density at radius 1 is 1.58 bits per heavy atom. The summed E-state index contributed by atoms with van der Waals surface area (Å²) in [5.41, 5.74) is 5.39. The van der Waals surface area contributed by atoms with Gasteiger partial charge < -0.3 is 21.5 Å². The van der Waals surface area contributed by atoms with Crippen LogP contribution in [-0.2, 0) is 0 Å². The van der Waals surface area contributed by atoms with Gasteiger partial charge >= 0.3 is 0 Å². The minimum atomic E-state index is -0.664. The summed E-state index contributed by atoms with van der Waals surface area (Å²) >= 11 is 0. The zero-order valence-electron chi connectivity index (χ0n) is 6.96. The second-order valence-corrected chi connectivity index (χ2v) is 2.27. The highest BCUT2D eigenvalue weighted by Gasteiger charge is 2.13. The molecule has 1 atom stereocenters. The first-order valence-corrected chi connectivity index (χ1v) is 3.46. The lowest BCUT2D eigenvalue weighted by Crippen LogP contribution is -2.30. The number of hydrogen-bond acceptors (Lipinski definition) is 4. The minimum absolute atomic E-state index is 0.167. The number of nitrogens with two attached hydrogens (primary N) is 1. The predicted octanol–water partition coefficient (Wildman–Crippen LogP) is 0.299. The molecule has 0 bridgehead atoms. The van der Waals surface area contributed by atoms with E-state index in [4.69, 9.17) is 22.0 Å². The van der Waals surface area contributed by atoms with Crippen LogP contribution in [0, 0.1) is 22.1 Å². The van der Waals surface area contributed by atoms with Gasteiger partial charge in [0.05, 0.1) is 5.92 Å². The lowest BCUT2D eigenvalue weighted by molar-refractivity contribution is 1.15. The molecule has 0 aromatic heterocycles. The van der Waals surface area contributed by atoms with Crippen LogP contribution < -0.4 is 5.73 Å². The maximum Gasteiger partial charge on any atom is 0.105 e. The minimum Gasteiger partial charge on any atom is -0.387 e. The highest BCUT2D eigenvalue weighted by atomic mass is 14.7. The Balaban J connectivity index is 4.22. The highest BCUT2D eigenvalue weighted by molar-refractivity contribution is 6.17. The van der Waals surface area contributed by atoms with E-state index < -0.39 is 5.92 Å². The van der Waals surface area contributed by atoms with Crippen molar-refractivity contribution in [2.75, 3.05) is 7.05 Å². The van der Waals surface area contributed by atoms with Gasteiger partial charge in [-0.25, -0.2) is 0 Å². The summed E-state index contributed by atoms with van der Waals surface area (Å²) < 4.78 is 0. The second kappa shape index (κ2) is 5.17. The standard InChI is InChI=1S/C7H13N5/c1-12-3-2-6(9)5(4-8)7(10)11/h3-5,8-9H,2H2,1H3,(H3,10,11). The second-order valence-electron chi connectivity index (χ2n) is 2.27. The Morgan fingerprint density at radius 3 is 2.50 bits per heavy atom. The Morgan fingerprint density at radius 2 is 2.17 bits per heavy atom. The molecule has 5 heteroatoms. The lowest BCUT2D eigenvalue weighted by atomic mass is 10.0. The fraction of sp³-hybridized carbons (Fsp3) is 0.429. The fourth-order valence-electron chi connectivity index (χ4n) is 0.695. The van der Waals surface area contributed by atoms with Crippen molar-refractivity contribution in [1.82, 2.24) is 0 Å². The molecule has 66 valence electrons. The Hall–Kier alpha value is -1.52. The molecule has 0 spiro atoms. The highest BCUT2D eigenvalue weighted by Crippen LogP contribution is 1.97. The van der Waals surface area contributed by atoms with Gasteiger partial charge in [-0.2, -0.15) is 0 Å². The zero-order valence-corrected chi connectivity index (χ0v) is 6.96. The van der Waals surface area contributed by atoms with Gasteiger partial charge in [-0.1, -0.05) is 0 Å². The topological polar surface area (TPSA) is 110 Å². The van der Waals surface area contributed by atoms with Crippen molar-refractivity contribution in [3.05, 3.63) is 0 Å². The first-order chi connectivity index (χ1) is 5.63. The van der Waals surface area contributed by atoms with Crippen LogP contribution in [0.2, 0.25) is 0 Å². The van der Waals surface area contributed by atoms with Crippen molar-refractivity contribution < 1.29 is 0 Å². The molecule has 5 nitrogen and oxygen atoms in total. The summed E-state index contributed by atoms with van der Waals surface area (Å²) in [7, 11) is 1.61. The number of hydrogen-bond donors (Lipinski definition) is 4. The van der Waals surface area contributed by atoms with Gasteiger partial charge in [0.1, 0.15) is 5.84 Å². The SMILES string of the molecule is CN=CCC(=N)C(C=N)C(=N)N. The molecule has 12 heavy (non-hydrogen) atoms. The molecule has 0 rings (SSSR count). The molecule has 0 heterocycles. The van der Waals surface area contributed by atoms with Crippen LogP contribution >= 0.6 is 0 Å². The first kappa shape index (κ1) is 10.5. The lowest BCUT2D eigenvalue weighted by Gasteiger charge is -2.08. The van der Waals surface area contributed by atoms with Gasteiger partial charge in [-0.15, -0.1) is 0 Å². The number of amidine groups is 1. The molecule has 0 aliphatic rings. The van der Waals surface area contributed by atoms with Gasteiger partial charge in [0.2, 0.25) is 0 Å². The summed E-state index contributed by atoms with van der Waals surface area (Å²) in [6, 6.07) is 0. The van der Waals surface area contributed by atoms with Crippen molar-refractivity contribution in [1.29, 1.82) is 16.2 Å². The molecule has 0 saturated carbocycles. The van der Waals surface area contributed by atoms with Crippen LogP contribution in [0.4, 0.5) is 0 Å². The fourth-order valence-corrected chi connectivity index (χ4v) is 0.695. The third-order valence-electron chi connectivity index (χ3n) is 1.37. The van der Waals surface area contributed by atoms with Crippen LogP contribution in [-0.4, -0.2) is 31.0 Å². The summed E-state index contributed by atoms with van der Waals surface area (Å²) in [6.45, 7) is 0. The van der Waals surface area contributed by atoms with Crippen molar-refractivity contribution in [3.8, 4) is 0 Å². The van der Waals surface area contributed by atoms with Crippen molar-refractivity contribution >= 4 is 24.0 Å². The van der Waals surface area contributed by atoms with E-state index in [2.05, 4.69) is 4.99 Å². The molecule has 1 unspecified atom stereocenters. The number of nitrogens with zero attached hydrogens (tertiary/aromatic N) is 1. The van der Waals surface area contributed by atoms with Crippen LogP contribution in [0.3, 0.4) is 0 Å². The molecule has 0 aromatic carbocycles. The van der Waals surface area contributed by atoms with Crippen LogP contribution in [0.5, 0.6) is 0 Å². The number of nitrogens with one attached hydrogen (secondary N) is 3. The average Bonchev–Trinajstić information content (AvgIpc) is 2.01. The van der Waals surface area contributed by atoms with Crippen molar-refractivity contribution in [2.45, 2.75) is 6.42 Å². The van der Waals surface area contributed by atoms with Gasteiger partial charge in [0.25, 0.3) is 0 Å². The predicted molar refractivity (Wildman–Crippen MR) is 50.9 cm³/mol. The summed E-state index contributed by atoms with van der Waals surface area (Å²) in [5.74, 6) is -0.831. The zero-order chi connectivity index (χ0) is 9.56. The summed E-state index contributed by atoms with van der Waals surface area (Å²) in [4.78, 5) is 3.70. The monoisotopic (exact) mass is 167 g/mol. The van der Waals surface area contributed by atoms with Gasteiger partial charge in [0.15, 0.2) is 0 Å². The van der Waals surface area contributed by atoms with E-state index in [9.17, 15) is 0 Å². The third-order valence-corrected chi connectivity index (χ3v) is 1.37. The average molecular weight is 167 g/mol. The molecular formula is C7H13N5. The Labute approximate surface area is 71.2 Å². The molecule has 0 saturated heterocycles.